The minimum absolute atomic E-state index is 0.000856. The Morgan fingerprint density at radius 3 is 3.26 bits per heavy atom. The molecule has 5 heteroatoms. The average molecular weight is 278 g/mol. The summed E-state index contributed by atoms with van der Waals surface area (Å²) in [6, 6.07) is 2.03. The first-order valence-electron chi connectivity index (χ1n) is 6.37. The summed E-state index contributed by atoms with van der Waals surface area (Å²) in [5.41, 5.74) is 0.935. The van der Waals surface area contributed by atoms with E-state index in [2.05, 4.69) is 22.1 Å². The van der Waals surface area contributed by atoms with Gasteiger partial charge in [-0.1, -0.05) is 11.8 Å². The zero-order chi connectivity index (χ0) is 13.7. The highest BCUT2D eigenvalue weighted by molar-refractivity contribution is 7.10. The molecule has 1 aromatic rings. The summed E-state index contributed by atoms with van der Waals surface area (Å²) in [5, 5.41) is 13.4. The highest BCUT2D eigenvalue weighted by Gasteiger charge is 2.29. The van der Waals surface area contributed by atoms with E-state index >= 15 is 0 Å². The number of thiophene rings is 1. The topological polar surface area (TPSA) is 52.6 Å². The number of likely N-dealkylation sites (tertiary alicyclic amines) is 1. The Kier molecular flexibility index (Phi) is 4.97. The van der Waals surface area contributed by atoms with Gasteiger partial charge in [0.1, 0.15) is 6.61 Å². The monoisotopic (exact) mass is 278 g/mol. The Morgan fingerprint density at radius 1 is 1.68 bits per heavy atom. The number of aliphatic hydroxyl groups excluding tert-OH is 1. The molecule has 1 aliphatic rings. The lowest BCUT2D eigenvalue weighted by atomic mass is 10.2. The van der Waals surface area contributed by atoms with Gasteiger partial charge in [0.25, 0.3) is 0 Å². The number of amides is 1. The van der Waals surface area contributed by atoms with Crippen LogP contribution in [0.1, 0.15) is 23.3 Å². The first-order chi connectivity index (χ1) is 9.24. The normalized spacial score (nSPS) is 18.9. The molecule has 102 valence electrons. The van der Waals surface area contributed by atoms with Crippen LogP contribution in [-0.2, 0) is 11.3 Å². The fraction of sp³-hybridized carbons (Fsp3) is 0.500. The molecule has 1 amide bonds. The molecule has 1 atom stereocenters. The summed E-state index contributed by atoms with van der Waals surface area (Å²) in [6.45, 7) is 1.65. The smallest absolute Gasteiger partial charge is 0.237 e. The molecule has 0 saturated carbocycles. The molecular formula is C14H18N2O2S. The van der Waals surface area contributed by atoms with Gasteiger partial charge in [-0.25, -0.2) is 0 Å². The van der Waals surface area contributed by atoms with Crippen LogP contribution in [0.2, 0.25) is 0 Å². The van der Waals surface area contributed by atoms with Gasteiger partial charge >= 0.3 is 0 Å². The molecule has 0 radical (unpaired) electrons. The van der Waals surface area contributed by atoms with Gasteiger partial charge < -0.3 is 10.4 Å². The molecule has 2 rings (SSSR count). The van der Waals surface area contributed by atoms with E-state index in [9.17, 15) is 4.79 Å². The second-order valence-corrected chi connectivity index (χ2v) is 5.50. The predicted molar refractivity (Wildman–Crippen MR) is 75.8 cm³/mol. The minimum atomic E-state index is -0.115. The Balaban J connectivity index is 2.00. The summed E-state index contributed by atoms with van der Waals surface area (Å²) in [7, 11) is 1.69. The molecule has 2 N–H and O–H groups in total. The van der Waals surface area contributed by atoms with E-state index in [1.807, 2.05) is 11.4 Å². The van der Waals surface area contributed by atoms with Crippen molar-refractivity contribution in [1.29, 1.82) is 0 Å². The van der Waals surface area contributed by atoms with Crippen molar-refractivity contribution in [3.63, 3.8) is 0 Å². The molecule has 1 saturated heterocycles. The molecule has 0 spiro atoms. The number of likely N-dealkylation sites (N-methyl/N-ethyl adjacent to an activating group) is 1. The molecule has 0 aliphatic carbocycles. The number of hydrogen-bond acceptors (Lipinski definition) is 4. The van der Waals surface area contributed by atoms with Gasteiger partial charge in [-0.05, 0) is 25.5 Å². The summed E-state index contributed by atoms with van der Waals surface area (Å²) in [4.78, 5) is 15.2. The molecule has 19 heavy (non-hydrogen) atoms. The predicted octanol–water partition coefficient (Wildman–Crippen LogP) is 0.802. The molecule has 1 unspecified atom stereocenters. The van der Waals surface area contributed by atoms with Crippen molar-refractivity contribution in [2.24, 2.45) is 0 Å². The van der Waals surface area contributed by atoms with Crippen LogP contribution in [0.15, 0.2) is 11.4 Å². The Labute approximate surface area is 117 Å². The maximum Gasteiger partial charge on any atom is 0.237 e. The molecule has 4 nitrogen and oxygen atoms in total. The van der Waals surface area contributed by atoms with Crippen LogP contribution < -0.4 is 5.32 Å². The number of nitrogens with zero attached hydrogens (tertiary/aromatic N) is 1. The van der Waals surface area contributed by atoms with Crippen molar-refractivity contribution < 1.29 is 9.90 Å². The van der Waals surface area contributed by atoms with Gasteiger partial charge in [-0.15, -0.1) is 11.3 Å². The zero-order valence-corrected chi connectivity index (χ0v) is 11.8. The molecule has 1 aromatic heterocycles. The molecule has 2 heterocycles. The first kappa shape index (κ1) is 14.1. The van der Waals surface area contributed by atoms with Crippen molar-refractivity contribution in [2.45, 2.75) is 25.4 Å². The number of aliphatic hydroxyl groups is 1. The number of hydrogen-bond donors (Lipinski definition) is 2. The van der Waals surface area contributed by atoms with Crippen molar-refractivity contribution in [1.82, 2.24) is 10.2 Å². The lowest BCUT2D eigenvalue weighted by molar-refractivity contribution is -0.125. The quantitative estimate of drug-likeness (QED) is 0.804. The first-order valence-corrected chi connectivity index (χ1v) is 7.25. The standard InChI is InChI=1S/C14H18N2O2S/c1-15-14(18)13-5-2-6-16(13)9-12-8-11(10-19-12)4-3-7-17/h8,10,13,17H,2,5-7,9H2,1H3,(H,15,18). The van der Waals surface area contributed by atoms with Crippen LogP contribution in [-0.4, -0.2) is 42.2 Å². The van der Waals surface area contributed by atoms with Gasteiger partial charge in [0, 0.05) is 29.4 Å². The molecule has 1 fully saturated rings. The van der Waals surface area contributed by atoms with Gasteiger partial charge in [0.15, 0.2) is 0 Å². The number of carbonyl (C=O) groups excluding carboxylic acids is 1. The summed E-state index contributed by atoms with van der Waals surface area (Å²) >= 11 is 1.65. The van der Waals surface area contributed by atoms with Crippen molar-refractivity contribution >= 4 is 17.2 Å². The van der Waals surface area contributed by atoms with E-state index in [-0.39, 0.29) is 18.6 Å². The number of rotatable bonds is 3. The number of nitrogens with one attached hydrogen (secondary N) is 1. The van der Waals surface area contributed by atoms with E-state index < -0.39 is 0 Å². The fourth-order valence-electron chi connectivity index (χ4n) is 2.35. The molecule has 0 bridgehead atoms. The van der Waals surface area contributed by atoms with Crippen LogP contribution in [0.4, 0.5) is 0 Å². The van der Waals surface area contributed by atoms with Crippen molar-refractivity contribution in [2.75, 3.05) is 20.2 Å². The van der Waals surface area contributed by atoms with E-state index in [0.717, 1.165) is 31.5 Å². The Bertz CT molecular complexity index is 501. The lowest BCUT2D eigenvalue weighted by Gasteiger charge is -2.22. The van der Waals surface area contributed by atoms with E-state index in [1.165, 1.54) is 4.88 Å². The zero-order valence-electron chi connectivity index (χ0n) is 11.0. The third-order valence-corrected chi connectivity index (χ3v) is 4.16. The lowest BCUT2D eigenvalue weighted by Crippen LogP contribution is -2.41. The largest absolute Gasteiger partial charge is 0.384 e. The second kappa shape index (κ2) is 6.71. The van der Waals surface area contributed by atoms with Crippen LogP contribution in [0.5, 0.6) is 0 Å². The maximum atomic E-state index is 11.8. The van der Waals surface area contributed by atoms with Crippen LogP contribution in [0, 0.1) is 11.8 Å². The average Bonchev–Trinajstić information content (AvgIpc) is 3.05. The van der Waals surface area contributed by atoms with Gasteiger partial charge in [0.2, 0.25) is 5.91 Å². The van der Waals surface area contributed by atoms with Gasteiger partial charge in [-0.2, -0.15) is 0 Å². The van der Waals surface area contributed by atoms with Crippen molar-refractivity contribution in [3.8, 4) is 11.8 Å². The van der Waals surface area contributed by atoms with E-state index in [1.54, 1.807) is 18.4 Å². The van der Waals surface area contributed by atoms with Crippen LogP contribution >= 0.6 is 11.3 Å². The minimum Gasteiger partial charge on any atom is -0.384 e. The Hall–Kier alpha value is -1.35. The highest BCUT2D eigenvalue weighted by atomic mass is 32.1. The SMILES string of the molecule is CNC(=O)C1CCCN1Cc1cc(C#CCO)cs1. The third kappa shape index (κ3) is 3.57. The molecule has 1 aliphatic heterocycles. The van der Waals surface area contributed by atoms with Crippen molar-refractivity contribution in [3.05, 3.63) is 21.9 Å². The van der Waals surface area contributed by atoms with Gasteiger partial charge in [0.05, 0.1) is 6.04 Å². The third-order valence-electron chi connectivity index (χ3n) is 3.24. The maximum absolute atomic E-state index is 11.8. The second-order valence-electron chi connectivity index (χ2n) is 4.50. The summed E-state index contributed by atoms with van der Waals surface area (Å²) in [5.74, 6) is 5.65. The highest BCUT2D eigenvalue weighted by Crippen LogP contribution is 2.23. The van der Waals surface area contributed by atoms with E-state index in [0.29, 0.717) is 0 Å². The molecular weight excluding hydrogens is 260 g/mol. The number of carbonyl (C=O) groups is 1. The fourth-order valence-corrected chi connectivity index (χ4v) is 3.19. The van der Waals surface area contributed by atoms with E-state index in [4.69, 9.17) is 5.11 Å². The summed E-state index contributed by atoms with van der Waals surface area (Å²) in [6.07, 6.45) is 2.00. The summed E-state index contributed by atoms with van der Waals surface area (Å²) < 4.78 is 0. The Morgan fingerprint density at radius 2 is 2.53 bits per heavy atom. The molecule has 0 aromatic carbocycles. The van der Waals surface area contributed by atoms with Crippen LogP contribution in [0.25, 0.3) is 0 Å². The van der Waals surface area contributed by atoms with Crippen LogP contribution in [0.3, 0.4) is 0 Å². The van der Waals surface area contributed by atoms with Gasteiger partial charge in [-0.3, -0.25) is 9.69 Å².